The van der Waals surface area contributed by atoms with E-state index in [1.165, 1.54) is 4.88 Å². The molecule has 1 N–H and O–H groups in total. The van der Waals surface area contributed by atoms with Crippen molar-refractivity contribution >= 4 is 34.5 Å². The van der Waals surface area contributed by atoms with Gasteiger partial charge in [-0.3, -0.25) is 0 Å². The average Bonchev–Trinajstić information content (AvgIpc) is 2.82. The molecule has 1 nitrogen and oxygen atoms in total. The molecule has 4 heteroatoms. The highest BCUT2D eigenvalue weighted by Gasteiger charge is 2.09. The lowest BCUT2D eigenvalue weighted by Gasteiger charge is -2.15. The highest BCUT2D eigenvalue weighted by Crippen LogP contribution is 2.23. The molecule has 0 spiro atoms. The van der Waals surface area contributed by atoms with Crippen molar-refractivity contribution in [1.82, 2.24) is 5.32 Å². The van der Waals surface area contributed by atoms with Crippen LogP contribution in [0.2, 0.25) is 10.0 Å². The first-order chi connectivity index (χ1) is 8.69. The van der Waals surface area contributed by atoms with E-state index in [4.69, 9.17) is 23.2 Å². The molecule has 0 aliphatic carbocycles. The van der Waals surface area contributed by atoms with Gasteiger partial charge in [-0.05, 0) is 41.6 Å². The molecule has 0 saturated heterocycles. The largest absolute Gasteiger partial charge is 0.305 e. The molecule has 0 aliphatic heterocycles. The first-order valence-corrected chi connectivity index (χ1v) is 7.54. The molecule has 0 fully saturated rings. The van der Waals surface area contributed by atoms with Gasteiger partial charge in [0.15, 0.2) is 0 Å². The Balaban J connectivity index is 2.01. The zero-order chi connectivity index (χ0) is 13.0. The van der Waals surface area contributed by atoms with E-state index in [1.54, 1.807) is 17.4 Å². The van der Waals surface area contributed by atoms with Gasteiger partial charge in [0.2, 0.25) is 0 Å². The second-order valence-electron chi connectivity index (χ2n) is 4.13. The minimum atomic E-state index is 0.391. The van der Waals surface area contributed by atoms with Gasteiger partial charge in [0.05, 0.1) is 0 Å². The fourth-order valence-electron chi connectivity index (χ4n) is 1.89. The van der Waals surface area contributed by atoms with Crippen LogP contribution in [-0.4, -0.2) is 0 Å². The third kappa shape index (κ3) is 3.72. The maximum absolute atomic E-state index is 5.99. The maximum atomic E-state index is 5.99. The summed E-state index contributed by atoms with van der Waals surface area (Å²) in [6.07, 6.45) is 1.06. The van der Waals surface area contributed by atoms with E-state index in [2.05, 4.69) is 29.8 Å². The van der Waals surface area contributed by atoms with E-state index in [-0.39, 0.29) is 0 Å². The Morgan fingerprint density at radius 3 is 2.50 bits per heavy atom. The molecule has 2 aromatic rings. The van der Waals surface area contributed by atoms with Crippen LogP contribution in [-0.2, 0) is 6.54 Å². The van der Waals surface area contributed by atoms with Crippen molar-refractivity contribution < 1.29 is 0 Å². The van der Waals surface area contributed by atoms with Gasteiger partial charge in [-0.2, -0.15) is 0 Å². The lowest BCUT2D eigenvalue weighted by atomic mass is 10.1. The van der Waals surface area contributed by atoms with Gasteiger partial charge in [0.1, 0.15) is 0 Å². The zero-order valence-electron chi connectivity index (χ0n) is 10.1. The van der Waals surface area contributed by atoms with Crippen molar-refractivity contribution in [1.29, 1.82) is 0 Å². The van der Waals surface area contributed by atoms with E-state index in [9.17, 15) is 0 Å². The number of hydrogen-bond donors (Lipinski definition) is 1. The van der Waals surface area contributed by atoms with Gasteiger partial charge in [-0.25, -0.2) is 0 Å². The molecule has 18 heavy (non-hydrogen) atoms. The molecule has 0 radical (unpaired) electrons. The Labute approximate surface area is 122 Å². The third-order valence-electron chi connectivity index (χ3n) is 2.77. The number of thiophene rings is 1. The van der Waals surface area contributed by atoms with Gasteiger partial charge in [-0.15, -0.1) is 11.3 Å². The summed E-state index contributed by atoms with van der Waals surface area (Å²) in [6, 6.07) is 10.3. The molecule has 1 aromatic heterocycles. The van der Waals surface area contributed by atoms with Gasteiger partial charge in [0, 0.05) is 27.5 Å². The summed E-state index contributed by atoms with van der Waals surface area (Å²) in [4.78, 5) is 1.37. The smallest absolute Gasteiger partial charge is 0.0424 e. The second kappa shape index (κ2) is 6.58. The highest BCUT2D eigenvalue weighted by atomic mass is 35.5. The van der Waals surface area contributed by atoms with Crippen LogP contribution in [0.4, 0.5) is 0 Å². The van der Waals surface area contributed by atoms with Crippen molar-refractivity contribution in [3.63, 3.8) is 0 Å². The molecule has 96 valence electrons. The quantitative estimate of drug-likeness (QED) is 0.790. The monoisotopic (exact) mass is 299 g/mol. The van der Waals surface area contributed by atoms with Crippen molar-refractivity contribution in [2.75, 3.05) is 0 Å². The lowest BCUT2D eigenvalue weighted by Crippen LogP contribution is -2.19. The normalized spacial score (nSPS) is 12.6. The fraction of sp³-hybridized carbons (Fsp3) is 0.286. The van der Waals surface area contributed by atoms with Crippen LogP contribution in [0, 0.1) is 0 Å². The van der Waals surface area contributed by atoms with Crippen LogP contribution in [0.5, 0.6) is 0 Å². The first-order valence-electron chi connectivity index (χ1n) is 5.90. The van der Waals surface area contributed by atoms with Crippen molar-refractivity contribution in [3.05, 3.63) is 56.2 Å². The fourth-order valence-corrected chi connectivity index (χ4v) is 3.35. The van der Waals surface area contributed by atoms with Crippen LogP contribution in [0.15, 0.2) is 35.7 Å². The summed E-state index contributed by atoms with van der Waals surface area (Å²) in [5, 5.41) is 7.01. The van der Waals surface area contributed by atoms with Gasteiger partial charge in [-0.1, -0.05) is 36.2 Å². The van der Waals surface area contributed by atoms with Crippen molar-refractivity contribution in [2.45, 2.75) is 25.9 Å². The Morgan fingerprint density at radius 2 is 1.94 bits per heavy atom. The summed E-state index contributed by atoms with van der Waals surface area (Å²) < 4.78 is 0. The minimum absolute atomic E-state index is 0.391. The van der Waals surface area contributed by atoms with E-state index in [1.807, 2.05) is 12.1 Å². The van der Waals surface area contributed by atoms with E-state index < -0.39 is 0 Å². The molecule has 0 bridgehead atoms. The topological polar surface area (TPSA) is 12.0 Å². The summed E-state index contributed by atoms with van der Waals surface area (Å²) in [6.45, 7) is 2.96. The Morgan fingerprint density at radius 1 is 1.22 bits per heavy atom. The average molecular weight is 300 g/mol. The lowest BCUT2D eigenvalue weighted by molar-refractivity contribution is 0.526. The van der Waals surface area contributed by atoms with Gasteiger partial charge in [0.25, 0.3) is 0 Å². The molecular weight excluding hydrogens is 285 g/mol. The molecular formula is C14H15Cl2NS. The molecule has 2 rings (SSSR count). The van der Waals surface area contributed by atoms with Crippen LogP contribution in [0.25, 0.3) is 0 Å². The Kier molecular flexibility index (Phi) is 5.07. The van der Waals surface area contributed by atoms with E-state index in [0.29, 0.717) is 16.1 Å². The zero-order valence-corrected chi connectivity index (χ0v) is 12.4. The Hall–Kier alpha value is -0.540. The van der Waals surface area contributed by atoms with Crippen molar-refractivity contribution in [2.24, 2.45) is 0 Å². The highest BCUT2D eigenvalue weighted by molar-refractivity contribution is 7.10. The van der Waals surface area contributed by atoms with Gasteiger partial charge < -0.3 is 5.32 Å². The number of rotatable bonds is 5. The predicted molar refractivity (Wildman–Crippen MR) is 80.7 cm³/mol. The van der Waals surface area contributed by atoms with Crippen LogP contribution >= 0.6 is 34.5 Å². The van der Waals surface area contributed by atoms with Crippen LogP contribution in [0.1, 0.15) is 29.8 Å². The molecule has 1 unspecified atom stereocenters. The summed E-state index contributed by atoms with van der Waals surface area (Å²) in [5.74, 6) is 0. The second-order valence-corrected chi connectivity index (χ2v) is 5.99. The third-order valence-corrected chi connectivity index (χ3v) is 4.19. The SMILES string of the molecule is CCC(NCc1cc(Cl)cc(Cl)c1)c1cccs1. The first kappa shape index (κ1) is 13.9. The standard InChI is InChI=1S/C14H15Cl2NS/c1-2-13(14-4-3-5-18-14)17-9-10-6-11(15)8-12(16)7-10/h3-8,13,17H,2,9H2,1H3. The van der Waals surface area contributed by atoms with E-state index in [0.717, 1.165) is 18.5 Å². The summed E-state index contributed by atoms with van der Waals surface area (Å²) in [7, 11) is 0. The number of benzene rings is 1. The maximum Gasteiger partial charge on any atom is 0.0424 e. The van der Waals surface area contributed by atoms with Gasteiger partial charge >= 0.3 is 0 Å². The summed E-state index contributed by atoms with van der Waals surface area (Å²) >= 11 is 13.8. The molecule has 1 atom stereocenters. The summed E-state index contributed by atoms with van der Waals surface area (Å²) in [5.41, 5.74) is 1.11. The molecule has 1 heterocycles. The number of halogens is 2. The van der Waals surface area contributed by atoms with Crippen LogP contribution < -0.4 is 5.32 Å². The molecule has 0 amide bonds. The molecule has 1 aromatic carbocycles. The predicted octanol–water partition coefficient (Wildman–Crippen LogP) is 5.30. The van der Waals surface area contributed by atoms with E-state index >= 15 is 0 Å². The van der Waals surface area contributed by atoms with Crippen molar-refractivity contribution in [3.8, 4) is 0 Å². The van der Waals surface area contributed by atoms with Crippen LogP contribution in [0.3, 0.4) is 0 Å². The molecule has 0 aliphatic rings. The minimum Gasteiger partial charge on any atom is -0.305 e. The molecule has 0 saturated carbocycles. The number of hydrogen-bond acceptors (Lipinski definition) is 2. The number of nitrogens with one attached hydrogen (secondary N) is 1. The Bertz CT molecular complexity index is 476.